The fourth-order valence-corrected chi connectivity index (χ4v) is 2.55. The number of halogens is 1. The van der Waals surface area contributed by atoms with E-state index in [1.54, 1.807) is 0 Å². The van der Waals surface area contributed by atoms with Crippen molar-refractivity contribution in [1.82, 2.24) is 0 Å². The highest BCUT2D eigenvalue weighted by atomic mass is 127. The van der Waals surface area contributed by atoms with E-state index in [2.05, 4.69) is 50.6 Å². The molecule has 1 rings (SSSR count). The summed E-state index contributed by atoms with van der Waals surface area (Å²) in [6.45, 7) is 8.56. The third-order valence-corrected chi connectivity index (χ3v) is 5.79. The summed E-state index contributed by atoms with van der Waals surface area (Å²) in [6.07, 6.45) is 3.44. The number of quaternary nitrogens is 1. The molecule has 0 spiro atoms. The van der Waals surface area contributed by atoms with Gasteiger partial charge < -0.3 is 4.55 Å². The summed E-state index contributed by atoms with van der Waals surface area (Å²) in [5, 5.41) is 10.4. The van der Waals surface area contributed by atoms with Gasteiger partial charge >= 0.3 is 0 Å². The highest BCUT2D eigenvalue weighted by Gasteiger charge is 2.56. The zero-order valence-electron chi connectivity index (χ0n) is 10.5. The Labute approximate surface area is 117 Å². The summed E-state index contributed by atoms with van der Waals surface area (Å²) in [4.78, 5) is 0. The highest BCUT2D eigenvalue weighted by Crippen LogP contribution is 2.47. The molecule has 104 valence electrons. The van der Waals surface area contributed by atoms with Gasteiger partial charge in [0.25, 0.3) is 22.9 Å². The van der Waals surface area contributed by atoms with Crippen molar-refractivity contribution < 1.29 is 25.6 Å². The van der Waals surface area contributed by atoms with Crippen LogP contribution in [0.1, 0.15) is 47.0 Å². The number of rotatable bonds is 0. The van der Waals surface area contributed by atoms with Crippen molar-refractivity contribution in [2.24, 2.45) is 0 Å². The smallest absolute Gasteiger partial charge is 0.288 e. The van der Waals surface area contributed by atoms with Crippen LogP contribution in [0.5, 0.6) is 0 Å². The highest BCUT2D eigenvalue weighted by molar-refractivity contribution is 14.1. The van der Waals surface area contributed by atoms with Crippen molar-refractivity contribution in [3.63, 3.8) is 0 Å². The maximum Gasteiger partial charge on any atom is 0.288 e. The molecule has 0 unspecified atom stereocenters. The lowest BCUT2D eigenvalue weighted by Gasteiger charge is -2.51. The first-order valence-corrected chi connectivity index (χ1v) is 7.54. The van der Waals surface area contributed by atoms with E-state index >= 15 is 0 Å². The van der Waals surface area contributed by atoms with Gasteiger partial charge in [0.2, 0.25) is 10.4 Å². The lowest BCUT2D eigenvalue weighted by atomic mass is 9.82. The third kappa shape index (κ3) is 4.95. The second kappa shape index (κ2) is 5.25. The van der Waals surface area contributed by atoms with Crippen molar-refractivity contribution in [2.45, 2.75) is 58.0 Å². The largest absolute Gasteiger partial charge is 0.726 e. The molecule has 6 nitrogen and oxygen atoms in total. The van der Waals surface area contributed by atoms with E-state index < -0.39 is 10.4 Å². The van der Waals surface area contributed by atoms with Crippen molar-refractivity contribution in [2.75, 3.05) is 0 Å². The first-order chi connectivity index (χ1) is 7.21. The average molecular weight is 381 g/mol. The molecular weight excluding hydrogens is 361 g/mol. The van der Waals surface area contributed by atoms with Crippen LogP contribution in [0.3, 0.4) is 0 Å². The summed E-state index contributed by atoms with van der Waals surface area (Å²) in [6, 6.07) is 0. The zero-order valence-corrected chi connectivity index (χ0v) is 13.4. The van der Waals surface area contributed by atoms with Gasteiger partial charge in [-0.1, -0.05) is 0 Å². The van der Waals surface area contributed by atoms with Gasteiger partial charge in [-0.25, -0.2) is 13.6 Å². The van der Waals surface area contributed by atoms with Crippen LogP contribution in [0.4, 0.5) is 0 Å². The quantitative estimate of drug-likeness (QED) is 0.290. The normalized spacial score (nSPS) is 25.6. The Bertz CT molecular complexity index is 338. The summed E-state index contributed by atoms with van der Waals surface area (Å²) >= 11 is 2.17. The van der Waals surface area contributed by atoms with Crippen LogP contribution < -0.4 is 0 Å². The van der Waals surface area contributed by atoms with Gasteiger partial charge in [0.15, 0.2) is 0 Å². The lowest BCUT2D eigenvalue weighted by Crippen LogP contribution is -2.65. The molecule has 0 aromatic heterocycles. The summed E-state index contributed by atoms with van der Waals surface area (Å²) in [7, 11) is -4.92. The van der Waals surface area contributed by atoms with Crippen LogP contribution in [0.15, 0.2) is 0 Å². The monoisotopic (exact) mass is 381 g/mol. The fourth-order valence-electron chi connectivity index (χ4n) is 2.07. The van der Waals surface area contributed by atoms with Gasteiger partial charge in [-0.2, -0.15) is 0 Å². The summed E-state index contributed by atoms with van der Waals surface area (Å²) in [5.74, 6) is 0. The SMILES string of the molecule is CC1(C)CCCC(C)(C)[N+]1(O)I.O=S(=O)([O-])O. The van der Waals surface area contributed by atoms with E-state index in [0.717, 1.165) is 12.8 Å². The molecule has 0 saturated carbocycles. The number of hydrogen-bond acceptors (Lipinski definition) is 4. The first-order valence-electron chi connectivity index (χ1n) is 5.21. The maximum absolute atomic E-state index is 10.4. The van der Waals surface area contributed by atoms with E-state index in [1.807, 2.05) is 0 Å². The molecule has 0 amide bonds. The van der Waals surface area contributed by atoms with Gasteiger partial charge in [-0.15, -0.1) is 2.86 Å². The Morgan fingerprint density at radius 3 is 1.59 bits per heavy atom. The van der Waals surface area contributed by atoms with Gasteiger partial charge in [0.05, 0.1) is 0 Å². The van der Waals surface area contributed by atoms with E-state index in [-0.39, 0.29) is 13.9 Å². The van der Waals surface area contributed by atoms with E-state index in [4.69, 9.17) is 17.5 Å². The van der Waals surface area contributed by atoms with Crippen LogP contribution in [-0.2, 0) is 10.4 Å². The Morgan fingerprint density at radius 1 is 1.18 bits per heavy atom. The molecule has 0 atom stereocenters. The molecule has 0 radical (unpaired) electrons. The first kappa shape index (κ1) is 17.5. The molecule has 1 aliphatic heterocycles. The molecular formula is C9H20INO5S. The zero-order chi connectivity index (χ0) is 14.1. The average Bonchev–Trinajstić information content (AvgIpc) is 1.96. The Morgan fingerprint density at radius 2 is 1.41 bits per heavy atom. The molecule has 0 aliphatic carbocycles. The number of piperidine rings is 1. The van der Waals surface area contributed by atoms with Crippen LogP contribution >= 0.6 is 22.9 Å². The van der Waals surface area contributed by atoms with E-state index in [9.17, 15) is 5.21 Å². The van der Waals surface area contributed by atoms with Gasteiger partial charge in [-0.3, -0.25) is 4.55 Å². The second-order valence-corrected chi connectivity index (χ2v) is 7.71. The number of hydroxylamine groups is 2. The molecule has 0 aromatic rings. The Hall–Kier alpha value is 0.520. The predicted molar refractivity (Wildman–Crippen MR) is 70.4 cm³/mol. The Balaban J connectivity index is 0.000000437. The standard InChI is InChI=1S/C9H19INO.H2O4S/c1-8(2)6-5-7-9(3,4)11(8,10)12;1-5(2,3)4/h12H,5-7H2,1-4H3;(H2,1,2,3,4)/q+1;/p-1. The molecule has 8 heteroatoms. The summed E-state index contributed by atoms with van der Waals surface area (Å²) in [5.41, 5.74) is -0.0232. The van der Waals surface area contributed by atoms with Gasteiger partial charge in [0, 0.05) is 12.8 Å². The molecule has 17 heavy (non-hydrogen) atoms. The van der Waals surface area contributed by atoms with E-state index in [0.29, 0.717) is 0 Å². The topological polar surface area (TPSA) is 97.7 Å². The van der Waals surface area contributed by atoms with Gasteiger partial charge in [-0.05, 0) is 34.1 Å². The van der Waals surface area contributed by atoms with Crippen molar-refractivity contribution >= 4 is 33.3 Å². The predicted octanol–water partition coefficient (Wildman–Crippen LogP) is 2.29. The van der Waals surface area contributed by atoms with Crippen molar-refractivity contribution in [3.05, 3.63) is 0 Å². The number of hydrogen-bond donors (Lipinski definition) is 2. The summed E-state index contributed by atoms with van der Waals surface area (Å²) < 4.78 is 33.0. The third-order valence-electron chi connectivity index (χ3n) is 3.18. The second-order valence-electron chi connectivity index (χ2n) is 5.46. The van der Waals surface area contributed by atoms with E-state index in [1.165, 1.54) is 6.42 Å². The Kier molecular flexibility index (Phi) is 5.41. The van der Waals surface area contributed by atoms with Crippen molar-refractivity contribution in [3.8, 4) is 0 Å². The minimum atomic E-state index is -4.92. The van der Waals surface area contributed by atoms with Crippen molar-refractivity contribution in [1.29, 1.82) is 0 Å². The molecule has 0 aromatic carbocycles. The molecule has 2 N–H and O–H groups in total. The maximum atomic E-state index is 10.4. The van der Waals surface area contributed by atoms with Gasteiger partial charge in [0.1, 0.15) is 11.1 Å². The lowest BCUT2D eigenvalue weighted by molar-refractivity contribution is -1.04. The molecule has 1 heterocycles. The van der Waals surface area contributed by atoms with Crippen LogP contribution in [-0.4, -0.2) is 36.7 Å². The minimum Gasteiger partial charge on any atom is -0.726 e. The molecule has 1 saturated heterocycles. The van der Waals surface area contributed by atoms with Crippen LogP contribution in [0.2, 0.25) is 0 Å². The van der Waals surface area contributed by atoms with Crippen LogP contribution in [0.25, 0.3) is 0 Å². The van der Waals surface area contributed by atoms with Crippen LogP contribution in [0, 0.1) is 0 Å². The minimum absolute atomic E-state index is 0.0116. The molecule has 1 fully saturated rings. The fraction of sp³-hybridized carbons (Fsp3) is 1.00. The molecule has 1 aliphatic rings. The number of nitrogens with zero attached hydrogens (tertiary/aromatic N) is 1. The molecule has 0 bridgehead atoms.